The Balaban J connectivity index is 1.89. The van der Waals surface area contributed by atoms with Gasteiger partial charge in [-0.3, -0.25) is 25.2 Å². The second-order valence-corrected chi connectivity index (χ2v) is 5.59. The first-order valence-corrected chi connectivity index (χ1v) is 8.31. The molecule has 2 aromatic rings. The largest absolute Gasteiger partial charge is 0.451 e. The fourth-order valence-electron chi connectivity index (χ4n) is 2.08. The Hall–Kier alpha value is -3.94. The Morgan fingerprint density at radius 1 is 0.893 bits per heavy atom. The van der Waals surface area contributed by atoms with E-state index in [9.17, 15) is 19.2 Å². The van der Waals surface area contributed by atoms with Crippen LogP contribution in [0.5, 0.6) is 0 Å². The number of carbonyl (C=O) groups is 4. The van der Waals surface area contributed by atoms with Crippen LogP contribution in [0.1, 0.15) is 22.8 Å². The molecule has 144 valence electrons. The molecule has 2 rings (SSSR count). The van der Waals surface area contributed by atoms with Crippen molar-refractivity contribution in [2.45, 2.75) is 6.92 Å². The summed E-state index contributed by atoms with van der Waals surface area (Å²) in [6, 6.07) is 17.1. The van der Waals surface area contributed by atoms with Crippen LogP contribution < -0.4 is 16.2 Å². The molecule has 0 atom stereocenters. The molecule has 2 aromatic carbocycles. The van der Waals surface area contributed by atoms with E-state index in [4.69, 9.17) is 4.74 Å². The highest BCUT2D eigenvalue weighted by Gasteiger charge is 2.15. The van der Waals surface area contributed by atoms with Gasteiger partial charge in [-0.2, -0.15) is 0 Å². The summed E-state index contributed by atoms with van der Waals surface area (Å²) in [6.07, 6.45) is 1.43. The molecule has 0 radical (unpaired) electrons. The number of amides is 3. The molecular weight excluding hydrogens is 362 g/mol. The lowest BCUT2D eigenvalue weighted by molar-refractivity contribution is -0.145. The molecule has 0 fully saturated rings. The molecule has 3 N–H and O–H groups in total. The predicted molar refractivity (Wildman–Crippen MR) is 101 cm³/mol. The summed E-state index contributed by atoms with van der Waals surface area (Å²) in [6.45, 7) is 0.609. The van der Waals surface area contributed by atoms with Gasteiger partial charge in [-0.25, -0.2) is 4.79 Å². The fourth-order valence-corrected chi connectivity index (χ4v) is 2.08. The lowest BCUT2D eigenvalue weighted by Gasteiger charge is -2.10. The Kier molecular flexibility index (Phi) is 7.47. The van der Waals surface area contributed by atoms with Gasteiger partial charge in [0, 0.05) is 12.5 Å². The van der Waals surface area contributed by atoms with Crippen molar-refractivity contribution in [2.24, 2.45) is 0 Å². The van der Waals surface area contributed by atoms with Crippen LogP contribution in [0.15, 0.2) is 66.4 Å². The first-order chi connectivity index (χ1) is 13.5. The third kappa shape index (κ3) is 6.75. The second-order valence-electron chi connectivity index (χ2n) is 5.59. The number of ether oxygens (including phenoxy) is 1. The van der Waals surface area contributed by atoms with E-state index in [1.807, 2.05) is 6.07 Å². The van der Waals surface area contributed by atoms with E-state index in [1.54, 1.807) is 54.6 Å². The van der Waals surface area contributed by atoms with E-state index in [0.717, 1.165) is 0 Å². The van der Waals surface area contributed by atoms with Crippen molar-refractivity contribution in [1.82, 2.24) is 16.2 Å². The van der Waals surface area contributed by atoms with Crippen LogP contribution in [-0.4, -0.2) is 30.3 Å². The highest BCUT2D eigenvalue weighted by atomic mass is 16.5. The van der Waals surface area contributed by atoms with Crippen LogP contribution in [0.3, 0.4) is 0 Å². The van der Waals surface area contributed by atoms with E-state index in [-0.39, 0.29) is 5.70 Å². The van der Waals surface area contributed by atoms with Crippen molar-refractivity contribution in [3.05, 3.63) is 77.5 Å². The molecule has 0 aliphatic rings. The van der Waals surface area contributed by atoms with Crippen LogP contribution in [0.4, 0.5) is 0 Å². The second kappa shape index (κ2) is 10.3. The number of hydrogen-bond donors (Lipinski definition) is 3. The maximum Gasteiger partial charge on any atom is 0.355 e. The summed E-state index contributed by atoms with van der Waals surface area (Å²) in [5.41, 5.74) is 5.27. The maximum atomic E-state index is 12.2. The molecule has 8 nitrogen and oxygen atoms in total. The van der Waals surface area contributed by atoms with Crippen LogP contribution >= 0.6 is 0 Å². The van der Waals surface area contributed by atoms with E-state index < -0.39 is 30.3 Å². The monoisotopic (exact) mass is 381 g/mol. The molecule has 0 unspecified atom stereocenters. The van der Waals surface area contributed by atoms with E-state index in [2.05, 4.69) is 16.2 Å². The van der Waals surface area contributed by atoms with Gasteiger partial charge >= 0.3 is 5.97 Å². The van der Waals surface area contributed by atoms with Gasteiger partial charge in [0.25, 0.3) is 11.8 Å². The predicted octanol–water partition coefficient (Wildman–Crippen LogP) is 1.17. The molecule has 0 heterocycles. The summed E-state index contributed by atoms with van der Waals surface area (Å²) < 4.78 is 4.89. The minimum atomic E-state index is -0.886. The number of carbonyl (C=O) groups excluding carboxylic acids is 4. The Morgan fingerprint density at radius 2 is 1.50 bits per heavy atom. The van der Waals surface area contributed by atoms with Gasteiger partial charge in [0.05, 0.1) is 0 Å². The molecule has 28 heavy (non-hydrogen) atoms. The number of hydrazine groups is 1. The molecule has 0 aliphatic carbocycles. The molecule has 0 spiro atoms. The van der Waals surface area contributed by atoms with Crippen molar-refractivity contribution in [3.63, 3.8) is 0 Å². The Labute approximate surface area is 161 Å². The van der Waals surface area contributed by atoms with Gasteiger partial charge in [-0.1, -0.05) is 48.5 Å². The van der Waals surface area contributed by atoms with Crippen molar-refractivity contribution < 1.29 is 23.9 Å². The van der Waals surface area contributed by atoms with Crippen molar-refractivity contribution in [3.8, 4) is 0 Å². The summed E-state index contributed by atoms with van der Waals surface area (Å²) >= 11 is 0. The lowest BCUT2D eigenvalue weighted by atomic mass is 10.2. The number of benzene rings is 2. The van der Waals surface area contributed by atoms with Crippen LogP contribution in [-0.2, 0) is 19.1 Å². The first kappa shape index (κ1) is 20.4. The third-order valence-electron chi connectivity index (χ3n) is 3.33. The molecule has 3 amide bonds. The summed E-state index contributed by atoms with van der Waals surface area (Å²) in [4.78, 5) is 47.1. The molecule has 0 bridgehead atoms. The van der Waals surface area contributed by atoms with Gasteiger partial charge in [-0.05, 0) is 23.8 Å². The highest BCUT2D eigenvalue weighted by Crippen LogP contribution is 2.06. The van der Waals surface area contributed by atoms with E-state index in [1.165, 1.54) is 13.0 Å². The fraction of sp³-hybridized carbons (Fsp3) is 0.100. The molecule has 0 saturated heterocycles. The zero-order chi connectivity index (χ0) is 20.4. The molecular formula is C20H19N3O5. The smallest absolute Gasteiger partial charge is 0.355 e. The van der Waals surface area contributed by atoms with Gasteiger partial charge in [0.2, 0.25) is 5.91 Å². The summed E-state index contributed by atoms with van der Waals surface area (Å²) in [7, 11) is 0. The molecule has 8 heteroatoms. The van der Waals surface area contributed by atoms with Crippen LogP contribution in [0.2, 0.25) is 0 Å². The number of nitrogens with one attached hydrogen (secondary N) is 3. The van der Waals surface area contributed by atoms with Gasteiger partial charge in [0.15, 0.2) is 6.61 Å². The third-order valence-corrected chi connectivity index (χ3v) is 3.33. The van der Waals surface area contributed by atoms with Crippen LogP contribution in [0.25, 0.3) is 6.08 Å². The highest BCUT2D eigenvalue weighted by molar-refractivity contribution is 5.99. The number of rotatable bonds is 6. The topological polar surface area (TPSA) is 114 Å². The van der Waals surface area contributed by atoms with Crippen molar-refractivity contribution >= 4 is 29.8 Å². The van der Waals surface area contributed by atoms with Crippen molar-refractivity contribution in [1.29, 1.82) is 0 Å². The van der Waals surface area contributed by atoms with Gasteiger partial charge in [0.1, 0.15) is 5.70 Å². The normalized spacial score (nSPS) is 10.5. The zero-order valence-corrected chi connectivity index (χ0v) is 15.1. The number of esters is 1. The standard InChI is InChI=1S/C20H19N3O5/c1-14(24)21-17(12-15-8-4-2-5-9-15)20(27)28-13-18(25)22-23-19(26)16-10-6-3-7-11-16/h2-12H,13H2,1H3,(H,21,24)(H,22,25)(H,23,26). The van der Waals surface area contributed by atoms with E-state index in [0.29, 0.717) is 11.1 Å². The van der Waals surface area contributed by atoms with Gasteiger partial charge < -0.3 is 10.1 Å². The maximum absolute atomic E-state index is 12.2. The molecule has 0 aromatic heterocycles. The minimum Gasteiger partial charge on any atom is -0.451 e. The number of hydrogen-bond acceptors (Lipinski definition) is 5. The molecule has 0 aliphatic heterocycles. The quantitative estimate of drug-likeness (QED) is 0.395. The average Bonchev–Trinajstić information content (AvgIpc) is 2.70. The summed E-state index contributed by atoms with van der Waals surface area (Å²) in [5, 5.41) is 2.37. The Bertz CT molecular complexity index is 879. The first-order valence-electron chi connectivity index (χ1n) is 8.31. The summed E-state index contributed by atoms with van der Waals surface area (Å²) in [5.74, 6) is -2.59. The van der Waals surface area contributed by atoms with Gasteiger partial charge in [-0.15, -0.1) is 0 Å². The minimum absolute atomic E-state index is 0.111. The Morgan fingerprint density at radius 3 is 2.11 bits per heavy atom. The lowest BCUT2D eigenvalue weighted by Crippen LogP contribution is -2.43. The van der Waals surface area contributed by atoms with Crippen molar-refractivity contribution in [2.75, 3.05) is 6.61 Å². The average molecular weight is 381 g/mol. The SMILES string of the molecule is CC(=O)NC(=Cc1ccccc1)C(=O)OCC(=O)NNC(=O)c1ccccc1. The zero-order valence-electron chi connectivity index (χ0n) is 15.1. The van der Waals surface area contributed by atoms with Crippen LogP contribution in [0, 0.1) is 0 Å². The molecule has 0 saturated carbocycles. The van der Waals surface area contributed by atoms with E-state index >= 15 is 0 Å².